The first-order chi connectivity index (χ1) is 20.2. The molecule has 0 spiro atoms. The Bertz CT molecular complexity index is 1400. The first kappa shape index (κ1) is 33.0. The number of carbonyl (C=O) groups excluding carboxylic acids is 2. The Morgan fingerprint density at radius 3 is 2.26 bits per heavy atom. The average Bonchev–Trinajstić information content (AvgIpc) is 3.01. The van der Waals surface area contributed by atoms with Crippen LogP contribution in [0.15, 0.2) is 88.7 Å². The minimum atomic E-state index is -4.18. The predicted octanol–water partition coefficient (Wildman–Crippen LogP) is 5.38. The molecule has 0 aliphatic rings. The molecule has 0 saturated carbocycles. The van der Waals surface area contributed by atoms with Gasteiger partial charge < -0.3 is 15.0 Å². The largest absolute Gasteiger partial charge is 0.492 e. The Labute approximate surface area is 254 Å². The summed E-state index contributed by atoms with van der Waals surface area (Å²) in [7, 11) is -4.18. The number of hydrogen-bond donors (Lipinski definition) is 1. The van der Waals surface area contributed by atoms with Gasteiger partial charge >= 0.3 is 0 Å². The number of anilines is 1. The number of unbranched alkanes of at least 4 members (excludes halogenated alkanes) is 1. The molecule has 0 radical (unpaired) electrons. The summed E-state index contributed by atoms with van der Waals surface area (Å²) in [6, 6.07) is 22.2. The Morgan fingerprint density at radius 1 is 0.952 bits per heavy atom. The molecule has 8 nitrogen and oxygen atoms in total. The predicted molar refractivity (Wildman–Crippen MR) is 170 cm³/mol. The van der Waals surface area contributed by atoms with Gasteiger partial charge in [-0.1, -0.05) is 55.8 Å². The van der Waals surface area contributed by atoms with Gasteiger partial charge in [0.05, 0.1) is 17.2 Å². The number of rotatable bonds is 16. The molecule has 3 rings (SSSR count). The normalized spacial score (nSPS) is 11.9. The van der Waals surface area contributed by atoms with Gasteiger partial charge in [-0.15, -0.1) is 11.8 Å². The fourth-order valence-corrected chi connectivity index (χ4v) is 6.27. The topological polar surface area (TPSA) is 96.0 Å². The molecule has 1 N–H and O–H groups in total. The fraction of sp³-hybridized carbons (Fsp3) is 0.375. The van der Waals surface area contributed by atoms with E-state index in [1.54, 1.807) is 55.5 Å². The summed E-state index contributed by atoms with van der Waals surface area (Å²) in [6.45, 7) is 6.10. The van der Waals surface area contributed by atoms with E-state index in [9.17, 15) is 18.0 Å². The van der Waals surface area contributed by atoms with Crippen molar-refractivity contribution in [2.45, 2.75) is 55.9 Å². The Balaban J connectivity index is 2.01. The molecule has 0 aliphatic heterocycles. The van der Waals surface area contributed by atoms with Gasteiger partial charge in [-0.2, -0.15) is 0 Å². The number of benzene rings is 3. The second-order valence-corrected chi connectivity index (χ2v) is 12.5. The maximum Gasteiger partial charge on any atom is 0.264 e. The van der Waals surface area contributed by atoms with E-state index in [0.717, 1.165) is 27.6 Å². The molecule has 10 heteroatoms. The van der Waals surface area contributed by atoms with Gasteiger partial charge in [0.25, 0.3) is 10.0 Å². The van der Waals surface area contributed by atoms with Crippen LogP contribution in [-0.4, -0.2) is 63.7 Å². The SMILES string of the molecule is CCCCNC(=O)C(C)N(CCc1ccccc1)C(=O)CN(c1ccccc1OCC)S(=O)(=O)c1ccc(SC)cc1. The first-order valence-corrected chi connectivity index (χ1v) is 16.9. The van der Waals surface area contributed by atoms with Crippen molar-refractivity contribution >= 4 is 39.3 Å². The highest BCUT2D eigenvalue weighted by Crippen LogP contribution is 2.33. The van der Waals surface area contributed by atoms with Crippen LogP contribution in [0.4, 0.5) is 5.69 Å². The van der Waals surface area contributed by atoms with Crippen LogP contribution in [0.3, 0.4) is 0 Å². The van der Waals surface area contributed by atoms with Gasteiger partial charge in [0.1, 0.15) is 18.3 Å². The number of sulfonamides is 1. The van der Waals surface area contributed by atoms with Gasteiger partial charge in [-0.3, -0.25) is 13.9 Å². The number of hydrogen-bond acceptors (Lipinski definition) is 6. The molecular weight excluding hydrogens is 571 g/mol. The van der Waals surface area contributed by atoms with Gasteiger partial charge in [-0.25, -0.2) is 8.42 Å². The molecule has 0 fully saturated rings. The molecule has 3 aromatic rings. The third kappa shape index (κ3) is 8.75. The Kier molecular flexibility index (Phi) is 12.7. The van der Waals surface area contributed by atoms with Gasteiger partial charge in [0.15, 0.2) is 0 Å². The van der Waals surface area contributed by atoms with E-state index in [0.29, 0.717) is 25.3 Å². The van der Waals surface area contributed by atoms with Crippen LogP contribution < -0.4 is 14.4 Å². The van der Waals surface area contributed by atoms with E-state index in [2.05, 4.69) is 5.32 Å². The van der Waals surface area contributed by atoms with E-state index in [-0.39, 0.29) is 23.0 Å². The van der Waals surface area contributed by atoms with Crippen molar-refractivity contribution in [2.75, 3.05) is 36.8 Å². The molecule has 0 heterocycles. The number of nitrogens with one attached hydrogen (secondary N) is 1. The van der Waals surface area contributed by atoms with Crippen LogP contribution in [0.2, 0.25) is 0 Å². The quantitative estimate of drug-likeness (QED) is 0.173. The lowest BCUT2D eigenvalue weighted by atomic mass is 10.1. The minimum absolute atomic E-state index is 0.0561. The van der Waals surface area contributed by atoms with Crippen LogP contribution in [0, 0.1) is 0 Å². The summed E-state index contributed by atoms with van der Waals surface area (Å²) in [5.74, 6) is -0.417. The number of para-hydroxylation sites is 2. The van der Waals surface area contributed by atoms with Crippen molar-refractivity contribution in [1.29, 1.82) is 0 Å². The summed E-state index contributed by atoms with van der Waals surface area (Å²) in [5, 5.41) is 2.91. The first-order valence-electron chi connectivity index (χ1n) is 14.2. The zero-order chi connectivity index (χ0) is 30.5. The zero-order valence-electron chi connectivity index (χ0n) is 24.8. The van der Waals surface area contributed by atoms with Crippen LogP contribution in [-0.2, 0) is 26.0 Å². The monoisotopic (exact) mass is 611 g/mol. The maximum absolute atomic E-state index is 14.1. The lowest BCUT2D eigenvalue weighted by molar-refractivity contribution is -0.138. The second kappa shape index (κ2) is 16.2. The number of carbonyl (C=O) groups is 2. The third-order valence-electron chi connectivity index (χ3n) is 6.84. The minimum Gasteiger partial charge on any atom is -0.492 e. The lowest BCUT2D eigenvalue weighted by Gasteiger charge is -2.32. The van der Waals surface area contributed by atoms with Crippen molar-refractivity contribution in [3.8, 4) is 5.75 Å². The molecule has 0 aromatic heterocycles. The summed E-state index contributed by atoms with van der Waals surface area (Å²) in [6.07, 6.45) is 4.18. The number of amides is 2. The molecule has 2 amide bonds. The Morgan fingerprint density at radius 2 is 1.62 bits per heavy atom. The van der Waals surface area contributed by atoms with E-state index >= 15 is 0 Å². The average molecular weight is 612 g/mol. The van der Waals surface area contributed by atoms with Crippen LogP contribution in [0.25, 0.3) is 0 Å². The highest BCUT2D eigenvalue weighted by atomic mass is 32.2. The molecular formula is C32H41N3O5S2. The van der Waals surface area contributed by atoms with Gasteiger partial charge in [0.2, 0.25) is 11.8 Å². The molecule has 226 valence electrons. The van der Waals surface area contributed by atoms with Crippen molar-refractivity contribution in [2.24, 2.45) is 0 Å². The number of thioether (sulfide) groups is 1. The van der Waals surface area contributed by atoms with Crippen LogP contribution in [0.1, 0.15) is 39.2 Å². The number of nitrogens with zero attached hydrogens (tertiary/aromatic N) is 2. The summed E-state index contributed by atoms with van der Waals surface area (Å²) >= 11 is 1.51. The molecule has 1 atom stereocenters. The van der Waals surface area contributed by atoms with E-state index < -0.39 is 28.5 Å². The smallest absolute Gasteiger partial charge is 0.264 e. The molecule has 42 heavy (non-hydrogen) atoms. The van der Waals surface area contributed by atoms with Gasteiger partial charge in [-0.05, 0) is 74.9 Å². The highest BCUT2D eigenvalue weighted by Gasteiger charge is 2.33. The molecule has 0 saturated heterocycles. The van der Waals surface area contributed by atoms with Crippen molar-refractivity contribution in [3.63, 3.8) is 0 Å². The molecule has 0 aliphatic carbocycles. The summed E-state index contributed by atoms with van der Waals surface area (Å²) < 4.78 is 35.1. The summed E-state index contributed by atoms with van der Waals surface area (Å²) in [4.78, 5) is 29.6. The second-order valence-electron chi connectivity index (χ2n) is 9.73. The highest BCUT2D eigenvalue weighted by molar-refractivity contribution is 7.98. The summed E-state index contributed by atoms with van der Waals surface area (Å²) in [5.41, 5.74) is 1.26. The Hall–Kier alpha value is -3.50. The molecule has 0 bridgehead atoms. The van der Waals surface area contributed by atoms with E-state index in [1.165, 1.54) is 16.7 Å². The van der Waals surface area contributed by atoms with Crippen molar-refractivity contribution in [1.82, 2.24) is 10.2 Å². The van der Waals surface area contributed by atoms with Crippen molar-refractivity contribution in [3.05, 3.63) is 84.4 Å². The zero-order valence-corrected chi connectivity index (χ0v) is 26.4. The van der Waals surface area contributed by atoms with Crippen LogP contribution >= 0.6 is 11.8 Å². The lowest BCUT2D eigenvalue weighted by Crippen LogP contribution is -2.52. The molecule has 1 unspecified atom stereocenters. The van der Waals surface area contributed by atoms with E-state index in [1.807, 2.05) is 50.4 Å². The van der Waals surface area contributed by atoms with Crippen LogP contribution in [0.5, 0.6) is 5.75 Å². The standard InChI is InChI=1S/C32H41N3O5S2/c1-5-7-22-33-32(37)25(3)34(23-21-26-13-9-8-10-14-26)31(36)24-35(29-15-11-12-16-30(29)40-6-2)42(38,39)28-19-17-27(41-4)18-20-28/h8-20,25H,5-7,21-24H2,1-4H3,(H,33,37). The number of ether oxygens (including phenoxy) is 1. The fourth-order valence-electron chi connectivity index (χ4n) is 4.44. The van der Waals surface area contributed by atoms with E-state index in [4.69, 9.17) is 4.74 Å². The third-order valence-corrected chi connectivity index (χ3v) is 9.36. The maximum atomic E-state index is 14.1. The van der Waals surface area contributed by atoms with Crippen molar-refractivity contribution < 1.29 is 22.7 Å². The molecule has 3 aromatic carbocycles. The van der Waals surface area contributed by atoms with Gasteiger partial charge in [0, 0.05) is 18.0 Å².